The number of nitrogens with two attached hydrogens (primary N) is 1. The Morgan fingerprint density at radius 3 is 2.84 bits per heavy atom. The highest BCUT2D eigenvalue weighted by atomic mass is 15.0. The maximum absolute atomic E-state index is 6.09. The van der Waals surface area contributed by atoms with Gasteiger partial charge in [0.2, 0.25) is 0 Å². The van der Waals surface area contributed by atoms with Crippen LogP contribution >= 0.6 is 0 Å². The largest absolute Gasteiger partial charge is 0.340 e. The van der Waals surface area contributed by atoms with E-state index >= 15 is 0 Å². The Bertz CT molecular complexity index is 579. The zero-order valence-electron chi connectivity index (χ0n) is 11.7. The maximum atomic E-state index is 6.09. The number of nitrogens with one attached hydrogen (secondary N) is 1. The Morgan fingerprint density at radius 1 is 1.42 bits per heavy atom. The molecule has 0 atom stereocenters. The van der Waals surface area contributed by atoms with Crippen LogP contribution in [-0.4, -0.2) is 21.5 Å². The molecular formula is C15H22N4. The molecule has 19 heavy (non-hydrogen) atoms. The predicted molar refractivity (Wildman–Crippen MR) is 77.0 cm³/mol. The van der Waals surface area contributed by atoms with E-state index in [1.807, 2.05) is 13.1 Å². The van der Waals surface area contributed by atoms with Crippen molar-refractivity contribution in [1.29, 1.82) is 0 Å². The molecule has 3 rings (SSSR count). The van der Waals surface area contributed by atoms with Crippen molar-refractivity contribution in [2.75, 3.05) is 6.54 Å². The second kappa shape index (κ2) is 4.60. The lowest BCUT2D eigenvalue weighted by atomic mass is 9.70. The first-order valence-corrected chi connectivity index (χ1v) is 7.16. The highest BCUT2D eigenvalue weighted by Crippen LogP contribution is 2.39. The minimum Gasteiger partial charge on any atom is -0.340 e. The number of H-pyrrole nitrogens is 1. The van der Waals surface area contributed by atoms with E-state index in [1.54, 1.807) is 0 Å². The molecule has 0 aromatic carbocycles. The number of hydrogen-bond donors (Lipinski definition) is 2. The smallest absolute Gasteiger partial charge is 0.177 e. The summed E-state index contributed by atoms with van der Waals surface area (Å²) in [5.41, 5.74) is 9.11. The number of fused-ring (bicyclic) bond motifs is 1. The van der Waals surface area contributed by atoms with E-state index in [0.717, 1.165) is 41.3 Å². The molecule has 2 heterocycles. The van der Waals surface area contributed by atoms with Crippen LogP contribution in [0.1, 0.15) is 44.0 Å². The summed E-state index contributed by atoms with van der Waals surface area (Å²) in [5.74, 6) is 1.85. The van der Waals surface area contributed by atoms with Gasteiger partial charge in [-0.3, -0.25) is 0 Å². The molecule has 4 heteroatoms. The van der Waals surface area contributed by atoms with Crippen LogP contribution in [0.4, 0.5) is 0 Å². The summed E-state index contributed by atoms with van der Waals surface area (Å²) in [4.78, 5) is 12.6. The molecule has 0 aliphatic heterocycles. The van der Waals surface area contributed by atoms with Crippen LogP contribution in [0.5, 0.6) is 0 Å². The summed E-state index contributed by atoms with van der Waals surface area (Å²) in [5, 5.41) is 0. The first kappa shape index (κ1) is 12.6. The number of pyridine rings is 1. The van der Waals surface area contributed by atoms with Crippen LogP contribution in [0.15, 0.2) is 12.3 Å². The lowest BCUT2D eigenvalue weighted by molar-refractivity contribution is 0.238. The number of nitrogens with zero attached hydrogens (tertiary/aromatic N) is 2. The first-order valence-electron chi connectivity index (χ1n) is 7.16. The van der Waals surface area contributed by atoms with E-state index in [1.165, 1.54) is 12.8 Å². The van der Waals surface area contributed by atoms with Crippen molar-refractivity contribution in [3.05, 3.63) is 23.7 Å². The van der Waals surface area contributed by atoms with E-state index in [4.69, 9.17) is 10.7 Å². The van der Waals surface area contributed by atoms with Crippen molar-refractivity contribution in [3.8, 4) is 0 Å². The molecule has 4 nitrogen and oxygen atoms in total. The van der Waals surface area contributed by atoms with Gasteiger partial charge in [0.05, 0.1) is 5.52 Å². The summed E-state index contributed by atoms with van der Waals surface area (Å²) in [7, 11) is 0. The summed E-state index contributed by atoms with van der Waals surface area (Å²) in [6.07, 6.45) is 6.60. The molecule has 0 amide bonds. The fraction of sp³-hybridized carbons (Fsp3) is 0.600. The Morgan fingerprint density at radius 2 is 2.16 bits per heavy atom. The van der Waals surface area contributed by atoms with Gasteiger partial charge in [-0.25, -0.2) is 9.97 Å². The minimum atomic E-state index is 0.0289. The Labute approximate surface area is 113 Å². The molecule has 1 aliphatic rings. The van der Waals surface area contributed by atoms with E-state index in [0.29, 0.717) is 6.54 Å². The highest BCUT2D eigenvalue weighted by molar-refractivity contribution is 5.71. The summed E-state index contributed by atoms with van der Waals surface area (Å²) >= 11 is 0. The van der Waals surface area contributed by atoms with Gasteiger partial charge >= 0.3 is 0 Å². The van der Waals surface area contributed by atoms with Crippen LogP contribution in [0.25, 0.3) is 11.2 Å². The molecule has 2 aromatic heterocycles. The van der Waals surface area contributed by atoms with Gasteiger partial charge < -0.3 is 10.7 Å². The second-order valence-electron chi connectivity index (χ2n) is 6.14. The number of hydrogen-bond acceptors (Lipinski definition) is 3. The highest BCUT2D eigenvalue weighted by Gasteiger charge is 2.37. The third-order valence-electron chi connectivity index (χ3n) is 4.60. The molecule has 0 saturated heterocycles. The average molecular weight is 258 g/mol. The number of aryl methyl sites for hydroxylation is 1. The Hall–Kier alpha value is -1.42. The molecule has 0 spiro atoms. The van der Waals surface area contributed by atoms with Gasteiger partial charge in [0.1, 0.15) is 5.82 Å². The molecule has 1 aliphatic carbocycles. The van der Waals surface area contributed by atoms with Crippen LogP contribution in [0, 0.1) is 12.8 Å². The maximum Gasteiger partial charge on any atom is 0.177 e. The lowest BCUT2D eigenvalue weighted by Crippen LogP contribution is -2.39. The zero-order chi connectivity index (χ0) is 13.5. The topological polar surface area (TPSA) is 67.6 Å². The minimum absolute atomic E-state index is 0.0289. The van der Waals surface area contributed by atoms with Crippen LogP contribution in [-0.2, 0) is 5.41 Å². The van der Waals surface area contributed by atoms with Crippen LogP contribution < -0.4 is 5.73 Å². The van der Waals surface area contributed by atoms with E-state index in [-0.39, 0.29) is 5.41 Å². The van der Waals surface area contributed by atoms with Crippen molar-refractivity contribution in [2.24, 2.45) is 11.7 Å². The molecule has 0 bridgehead atoms. The molecule has 0 unspecified atom stereocenters. The summed E-state index contributed by atoms with van der Waals surface area (Å²) < 4.78 is 0. The Balaban J connectivity index is 2.01. The van der Waals surface area contributed by atoms with Crippen molar-refractivity contribution in [1.82, 2.24) is 15.0 Å². The Kier molecular flexibility index (Phi) is 3.05. The number of imidazole rings is 1. The molecule has 1 saturated carbocycles. The molecule has 2 aromatic rings. The van der Waals surface area contributed by atoms with E-state index in [2.05, 4.69) is 23.0 Å². The quantitative estimate of drug-likeness (QED) is 0.870. The fourth-order valence-electron chi connectivity index (χ4n) is 3.11. The van der Waals surface area contributed by atoms with E-state index < -0.39 is 0 Å². The second-order valence-corrected chi connectivity index (χ2v) is 6.14. The van der Waals surface area contributed by atoms with E-state index in [9.17, 15) is 0 Å². The first-order chi connectivity index (χ1) is 9.13. The predicted octanol–water partition coefficient (Wildman–Crippen LogP) is 2.67. The van der Waals surface area contributed by atoms with Crippen molar-refractivity contribution < 1.29 is 0 Å². The normalized spacial score (nSPS) is 27.8. The zero-order valence-corrected chi connectivity index (χ0v) is 11.7. The van der Waals surface area contributed by atoms with Gasteiger partial charge in [-0.2, -0.15) is 0 Å². The lowest BCUT2D eigenvalue weighted by Gasteiger charge is -2.36. The van der Waals surface area contributed by atoms with Gasteiger partial charge in [0.25, 0.3) is 0 Å². The van der Waals surface area contributed by atoms with Gasteiger partial charge in [-0.15, -0.1) is 0 Å². The SMILES string of the molecule is Cc1cnc2nc(C3(CN)CCC(C)CC3)[nH]c2c1. The van der Waals surface area contributed by atoms with Crippen LogP contribution in [0.3, 0.4) is 0 Å². The number of rotatable bonds is 2. The van der Waals surface area contributed by atoms with Gasteiger partial charge in [-0.1, -0.05) is 6.92 Å². The summed E-state index contributed by atoms with van der Waals surface area (Å²) in [6.45, 7) is 5.04. The number of aromatic nitrogens is 3. The molecular weight excluding hydrogens is 236 g/mol. The van der Waals surface area contributed by atoms with Crippen LogP contribution in [0.2, 0.25) is 0 Å². The molecule has 3 N–H and O–H groups in total. The average Bonchev–Trinajstić information content (AvgIpc) is 2.83. The monoisotopic (exact) mass is 258 g/mol. The van der Waals surface area contributed by atoms with Gasteiger partial charge in [0.15, 0.2) is 5.65 Å². The molecule has 0 radical (unpaired) electrons. The third-order valence-corrected chi connectivity index (χ3v) is 4.60. The van der Waals surface area contributed by atoms with Gasteiger partial charge in [-0.05, 0) is 50.2 Å². The van der Waals surface area contributed by atoms with Crippen molar-refractivity contribution in [2.45, 2.75) is 44.9 Å². The van der Waals surface area contributed by atoms with Crippen molar-refractivity contribution >= 4 is 11.2 Å². The fourth-order valence-corrected chi connectivity index (χ4v) is 3.11. The molecule has 1 fully saturated rings. The molecule has 102 valence electrons. The van der Waals surface area contributed by atoms with Gasteiger partial charge in [0, 0.05) is 18.2 Å². The third kappa shape index (κ3) is 2.14. The van der Waals surface area contributed by atoms with Crippen molar-refractivity contribution in [3.63, 3.8) is 0 Å². The standard InChI is InChI=1S/C15H22N4/c1-10-3-5-15(9-16,6-4-10)14-18-12-7-11(2)8-17-13(12)19-14/h7-8,10H,3-6,9,16H2,1-2H3,(H,17,18,19). The summed E-state index contributed by atoms with van der Waals surface area (Å²) in [6, 6.07) is 2.11. The number of aromatic amines is 1.